The van der Waals surface area contributed by atoms with E-state index in [9.17, 15) is 19.2 Å². The zero-order valence-corrected chi connectivity index (χ0v) is 17.6. The summed E-state index contributed by atoms with van der Waals surface area (Å²) >= 11 is 5.82. The van der Waals surface area contributed by atoms with Crippen LogP contribution in [0.5, 0.6) is 0 Å². The Labute approximate surface area is 179 Å². The minimum absolute atomic E-state index is 0.129. The average Bonchev–Trinajstić information content (AvgIpc) is 3.44. The number of aromatic amines is 1. The summed E-state index contributed by atoms with van der Waals surface area (Å²) in [5, 5.41) is 8.50. The first-order valence-corrected chi connectivity index (χ1v) is 10.6. The van der Waals surface area contributed by atoms with Gasteiger partial charge in [-0.1, -0.05) is 24.4 Å². The third-order valence-electron chi connectivity index (χ3n) is 5.50. The molecule has 0 aromatic carbocycles. The maximum atomic E-state index is 13.0. The first-order valence-electron chi connectivity index (χ1n) is 10.2. The largest absolute Gasteiger partial charge is 0.467 e. The fourth-order valence-electron chi connectivity index (χ4n) is 3.63. The highest BCUT2D eigenvalue weighted by atomic mass is 35.5. The number of nitrogens with one attached hydrogen (secondary N) is 4. The molecule has 10 heteroatoms. The van der Waals surface area contributed by atoms with Crippen LogP contribution >= 0.6 is 11.6 Å². The van der Waals surface area contributed by atoms with E-state index in [1.54, 1.807) is 6.07 Å². The maximum absolute atomic E-state index is 13.0. The number of ether oxygens (including phenoxy) is 1. The Morgan fingerprint density at radius 3 is 2.53 bits per heavy atom. The van der Waals surface area contributed by atoms with Crippen molar-refractivity contribution in [2.45, 2.75) is 50.6 Å². The normalized spacial score (nSPS) is 20.6. The van der Waals surface area contributed by atoms with Crippen LogP contribution < -0.4 is 16.0 Å². The van der Waals surface area contributed by atoms with E-state index in [4.69, 9.17) is 16.3 Å². The number of carbonyl (C=O) groups excluding carboxylic acids is 4. The quantitative estimate of drug-likeness (QED) is 0.429. The number of carbonyl (C=O) groups is 4. The summed E-state index contributed by atoms with van der Waals surface area (Å²) in [6.45, 7) is 0.614. The van der Waals surface area contributed by atoms with E-state index in [1.807, 2.05) is 0 Å². The monoisotopic (exact) mass is 438 g/mol. The molecule has 3 atom stereocenters. The number of amides is 3. The van der Waals surface area contributed by atoms with Gasteiger partial charge in [-0.3, -0.25) is 14.4 Å². The zero-order valence-electron chi connectivity index (χ0n) is 16.8. The number of H-pyrrole nitrogens is 1. The van der Waals surface area contributed by atoms with Crippen LogP contribution in [0.15, 0.2) is 12.1 Å². The number of esters is 1. The predicted octanol–water partition coefficient (Wildman–Crippen LogP) is 1.14. The van der Waals surface area contributed by atoms with Gasteiger partial charge in [-0.05, 0) is 43.7 Å². The van der Waals surface area contributed by atoms with Crippen LogP contribution in [0.25, 0.3) is 0 Å². The average molecular weight is 439 g/mol. The van der Waals surface area contributed by atoms with Gasteiger partial charge in [-0.2, -0.15) is 0 Å². The molecule has 2 unspecified atom stereocenters. The zero-order chi connectivity index (χ0) is 21.7. The Morgan fingerprint density at radius 1 is 1.17 bits per heavy atom. The van der Waals surface area contributed by atoms with Crippen LogP contribution in [-0.4, -0.2) is 54.4 Å². The van der Waals surface area contributed by atoms with Crippen LogP contribution in [0.3, 0.4) is 0 Å². The lowest BCUT2D eigenvalue weighted by molar-refractivity contribution is -0.146. The number of hydrogen-bond donors (Lipinski definition) is 4. The summed E-state index contributed by atoms with van der Waals surface area (Å²) in [5.74, 6) is -1.69. The van der Waals surface area contributed by atoms with Crippen molar-refractivity contribution in [3.63, 3.8) is 0 Å². The number of rotatable bonds is 9. The Balaban J connectivity index is 1.66. The summed E-state index contributed by atoms with van der Waals surface area (Å²) in [7, 11) is 1.24. The highest BCUT2D eigenvalue weighted by molar-refractivity contribution is 6.29. The lowest BCUT2D eigenvalue weighted by atomic mass is 9.91. The number of halogens is 1. The molecule has 30 heavy (non-hydrogen) atoms. The van der Waals surface area contributed by atoms with Gasteiger partial charge in [0.2, 0.25) is 11.8 Å². The molecule has 1 saturated heterocycles. The summed E-state index contributed by atoms with van der Waals surface area (Å²) in [5.41, 5.74) is 0.247. The van der Waals surface area contributed by atoms with Crippen LogP contribution in [0.4, 0.5) is 0 Å². The van der Waals surface area contributed by atoms with Gasteiger partial charge in [0, 0.05) is 12.5 Å². The smallest absolute Gasteiger partial charge is 0.328 e. The third kappa shape index (κ3) is 5.98. The van der Waals surface area contributed by atoms with Crippen LogP contribution in [0.2, 0.25) is 5.15 Å². The van der Waals surface area contributed by atoms with Gasteiger partial charge >= 0.3 is 5.97 Å². The molecule has 4 N–H and O–H groups in total. The molecular weight excluding hydrogens is 412 g/mol. The van der Waals surface area contributed by atoms with Gasteiger partial charge in [0.05, 0.1) is 7.11 Å². The Bertz CT molecular complexity index is 807. The third-order valence-corrected chi connectivity index (χ3v) is 5.73. The van der Waals surface area contributed by atoms with E-state index in [0.29, 0.717) is 30.5 Å². The molecule has 1 aliphatic carbocycles. The highest BCUT2D eigenvalue weighted by Crippen LogP contribution is 2.33. The van der Waals surface area contributed by atoms with Crippen molar-refractivity contribution in [1.29, 1.82) is 0 Å². The molecule has 0 radical (unpaired) electrons. The fourth-order valence-corrected chi connectivity index (χ4v) is 3.79. The second-order valence-corrected chi connectivity index (χ2v) is 8.28. The van der Waals surface area contributed by atoms with E-state index in [0.717, 1.165) is 19.3 Å². The minimum Gasteiger partial charge on any atom is -0.467 e. The van der Waals surface area contributed by atoms with Gasteiger partial charge in [-0.15, -0.1) is 0 Å². The SMILES string of the molecule is COC(=O)C(C[C@@H]1CCCNC1=O)NC(=O)C(CC1CC1)NC(=O)c1ccc(Cl)[nH]1. The van der Waals surface area contributed by atoms with Gasteiger partial charge < -0.3 is 25.7 Å². The maximum Gasteiger partial charge on any atom is 0.328 e. The Hall–Kier alpha value is -2.55. The van der Waals surface area contributed by atoms with E-state index in [-0.39, 0.29) is 23.9 Å². The van der Waals surface area contributed by atoms with Crippen molar-refractivity contribution in [3.8, 4) is 0 Å². The second-order valence-electron chi connectivity index (χ2n) is 7.88. The van der Waals surface area contributed by atoms with Crippen molar-refractivity contribution >= 4 is 35.3 Å². The lowest BCUT2D eigenvalue weighted by Crippen LogP contribution is -2.53. The molecule has 0 bridgehead atoms. The van der Waals surface area contributed by atoms with E-state index >= 15 is 0 Å². The first kappa shape index (κ1) is 22.1. The molecule has 2 aliphatic rings. The minimum atomic E-state index is -0.963. The molecule has 2 heterocycles. The molecule has 1 aromatic heterocycles. The Morgan fingerprint density at radius 2 is 1.93 bits per heavy atom. The Kier molecular flexibility index (Phi) is 7.36. The van der Waals surface area contributed by atoms with Crippen molar-refractivity contribution < 1.29 is 23.9 Å². The van der Waals surface area contributed by atoms with Crippen molar-refractivity contribution in [2.24, 2.45) is 11.8 Å². The van der Waals surface area contributed by atoms with Gasteiger partial charge in [0.15, 0.2) is 0 Å². The van der Waals surface area contributed by atoms with E-state index in [1.165, 1.54) is 13.2 Å². The molecule has 3 rings (SSSR count). The molecule has 1 saturated carbocycles. The van der Waals surface area contributed by atoms with Crippen LogP contribution in [0, 0.1) is 11.8 Å². The number of hydrogen-bond acceptors (Lipinski definition) is 5. The fraction of sp³-hybridized carbons (Fsp3) is 0.600. The summed E-state index contributed by atoms with van der Waals surface area (Å²) in [6, 6.07) is 1.31. The van der Waals surface area contributed by atoms with E-state index < -0.39 is 29.9 Å². The van der Waals surface area contributed by atoms with Gasteiger partial charge in [-0.25, -0.2) is 4.79 Å². The molecular formula is C20H27ClN4O5. The topological polar surface area (TPSA) is 129 Å². The molecule has 1 aliphatic heterocycles. The second kappa shape index (κ2) is 9.97. The van der Waals surface area contributed by atoms with Crippen LogP contribution in [0.1, 0.15) is 49.0 Å². The van der Waals surface area contributed by atoms with Crippen molar-refractivity contribution in [1.82, 2.24) is 20.9 Å². The highest BCUT2D eigenvalue weighted by Gasteiger charge is 2.35. The predicted molar refractivity (Wildman–Crippen MR) is 109 cm³/mol. The standard InChI is InChI=1S/C20H27ClN4O5/c1-30-20(29)15(10-12-3-2-8-22-17(12)26)25-19(28)14(9-11-4-5-11)24-18(27)13-6-7-16(21)23-13/h6-7,11-12,14-15,23H,2-5,8-10H2,1H3,(H,22,26)(H,24,27)(H,25,28)/t12-,14?,15?/m0/s1. The lowest BCUT2D eigenvalue weighted by Gasteiger charge is -2.27. The van der Waals surface area contributed by atoms with Gasteiger partial charge in [0.25, 0.3) is 5.91 Å². The molecule has 2 fully saturated rings. The molecule has 3 amide bonds. The van der Waals surface area contributed by atoms with Crippen molar-refractivity contribution in [3.05, 3.63) is 23.0 Å². The summed E-state index contributed by atoms with van der Waals surface area (Å²) < 4.78 is 4.82. The number of aromatic nitrogens is 1. The van der Waals surface area contributed by atoms with Crippen LogP contribution in [-0.2, 0) is 19.1 Å². The molecule has 164 valence electrons. The summed E-state index contributed by atoms with van der Waals surface area (Å²) in [4.78, 5) is 52.5. The molecule has 9 nitrogen and oxygen atoms in total. The molecule has 0 spiro atoms. The van der Waals surface area contributed by atoms with Gasteiger partial charge in [0.1, 0.15) is 22.9 Å². The molecule has 1 aromatic rings. The first-order chi connectivity index (χ1) is 14.4. The van der Waals surface area contributed by atoms with Crippen molar-refractivity contribution in [2.75, 3.05) is 13.7 Å². The summed E-state index contributed by atoms with van der Waals surface area (Å²) in [6.07, 6.45) is 4.08. The number of methoxy groups -OCH3 is 1. The number of piperidine rings is 1. The van der Waals surface area contributed by atoms with E-state index in [2.05, 4.69) is 20.9 Å².